The summed E-state index contributed by atoms with van der Waals surface area (Å²) in [5, 5.41) is 3.16. The smallest absolute Gasteiger partial charge is 0.219 e. The predicted molar refractivity (Wildman–Crippen MR) is 62.5 cm³/mol. The lowest BCUT2D eigenvalue weighted by molar-refractivity contribution is -0.118. The number of rotatable bonds is 4. The summed E-state index contributed by atoms with van der Waals surface area (Å²) in [6, 6.07) is 5.75. The molecule has 1 unspecified atom stereocenters. The van der Waals surface area contributed by atoms with Crippen LogP contribution >= 0.6 is 0 Å². The topological polar surface area (TPSA) is 81.1 Å². The Morgan fingerprint density at radius 1 is 1.53 bits per heavy atom. The van der Waals surface area contributed by atoms with E-state index in [-0.39, 0.29) is 11.9 Å². The second-order valence-corrected chi connectivity index (χ2v) is 3.75. The summed E-state index contributed by atoms with van der Waals surface area (Å²) in [6.45, 7) is 3.84. The normalized spacial score (nSPS) is 12.1. The van der Waals surface area contributed by atoms with Crippen molar-refractivity contribution in [3.8, 4) is 0 Å². The Hall–Kier alpha value is -1.71. The molecule has 1 aromatic rings. The van der Waals surface area contributed by atoms with Gasteiger partial charge < -0.3 is 16.8 Å². The molecule has 1 amide bonds. The van der Waals surface area contributed by atoms with Gasteiger partial charge in [-0.25, -0.2) is 0 Å². The molecular formula is C11H17N3O. The van der Waals surface area contributed by atoms with E-state index in [0.29, 0.717) is 12.1 Å². The monoisotopic (exact) mass is 207 g/mol. The van der Waals surface area contributed by atoms with Crippen molar-refractivity contribution >= 4 is 17.3 Å². The average Bonchev–Trinajstić information content (AvgIpc) is 2.11. The van der Waals surface area contributed by atoms with Crippen LogP contribution in [-0.4, -0.2) is 11.9 Å². The largest absolute Gasteiger partial charge is 0.397 e. The Kier molecular flexibility index (Phi) is 3.55. The third-order valence-electron chi connectivity index (χ3n) is 2.23. The zero-order chi connectivity index (χ0) is 11.4. The third-order valence-corrected chi connectivity index (χ3v) is 2.23. The fourth-order valence-electron chi connectivity index (χ4n) is 1.42. The molecule has 15 heavy (non-hydrogen) atoms. The number of hydrogen-bond donors (Lipinski definition) is 3. The molecule has 0 saturated carbocycles. The number of nitrogen functional groups attached to an aromatic ring is 1. The summed E-state index contributed by atoms with van der Waals surface area (Å²) in [4.78, 5) is 10.7. The average molecular weight is 207 g/mol. The maximum absolute atomic E-state index is 10.7. The standard InChI is InChI=1S/C11H17N3O/c1-7-4-3-5-9(11(7)13)14-8(2)6-10(12)15/h3-5,8,14H,6,13H2,1-2H3,(H2,12,15). The number of nitrogens with two attached hydrogens (primary N) is 2. The Labute approximate surface area is 89.6 Å². The van der Waals surface area contributed by atoms with Crippen LogP contribution in [0.5, 0.6) is 0 Å². The van der Waals surface area contributed by atoms with Crippen LogP contribution in [0.1, 0.15) is 18.9 Å². The van der Waals surface area contributed by atoms with E-state index in [4.69, 9.17) is 11.5 Å². The van der Waals surface area contributed by atoms with Crippen LogP contribution in [-0.2, 0) is 4.79 Å². The minimum Gasteiger partial charge on any atom is -0.397 e. The molecule has 82 valence electrons. The van der Waals surface area contributed by atoms with Crippen molar-refractivity contribution in [3.05, 3.63) is 23.8 Å². The Balaban J connectivity index is 2.72. The van der Waals surface area contributed by atoms with E-state index in [2.05, 4.69) is 5.32 Å². The van der Waals surface area contributed by atoms with E-state index >= 15 is 0 Å². The van der Waals surface area contributed by atoms with Gasteiger partial charge in [0.15, 0.2) is 0 Å². The maximum Gasteiger partial charge on any atom is 0.219 e. The number of para-hydroxylation sites is 1. The quantitative estimate of drug-likeness (QED) is 0.650. The molecule has 4 nitrogen and oxygen atoms in total. The summed E-state index contributed by atoms with van der Waals surface area (Å²) in [7, 11) is 0. The molecule has 4 heteroatoms. The minimum absolute atomic E-state index is 0.00778. The molecule has 0 spiro atoms. The van der Waals surface area contributed by atoms with Crippen molar-refractivity contribution in [3.63, 3.8) is 0 Å². The third kappa shape index (κ3) is 3.16. The Morgan fingerprint density at radius 3 is 2.80 bits per heavy atom. The lowest BCUT2D eigenvalue weighted by Crippen LogP contribution is -2.24. The number of carbonyl (C=O) groups excluding carboxylic acids is 1. The second-order valence-electron chi connectivity index (χ2n) is 3.75. The number of anilines is 2. The number of hydrogen-bond acceptors (Lipinski definition) is 3. The van der Waals surface area contributed by atoms with E-state index < -0.39 is 0 Å². The number of aryl methyl sites for hydroxylation is 1. The van der Waals surface area contributed by atoms with E-state index in [9.17, 15) is 4.79 Å². The van der Waals surface area contributed by atoms with E-state index in [1.54, 1.807) is 0 Å². The Bertz CT molecular complexity index is 363. The van der Waals surface area contributed by atoms with Gasteiger partial charge in [-0.3, -0.25) is 4.79 Å². The number of carbonyl (C=O) groups is 1. The van der Waals surface area contributed by atoms with Gasteiger partial charge in [-0.05, 0) is 25.5 Å². The number of amides is 1. The zero-order valence-electron chi connectivity index (χ0n) is 9.08. The van der Waals surface area contributed by atoms with Crippen molar-refractivity contribution in [2.45, 2.75) is 26.3 Å². The van der Waals surface area contributed by atoms with Gasteiger partial charge in [-0.15, -0.1) is 0 Å². The molecule has 0 heterocycles. The van der Waals surface area contributed by atoms with E-state index in [0.717, 1.165) is 11.3 Å². The molecule has 0 radical (unpaired) electrons. The number of primary amides is 1. The molecule has 0 saturated heterocycles. The van der Waals surface area contributed by atoms with Gasteiger partial charge in [-0.2, -0.15) is 0 Å². The summed E-state index contributed by atoms with van der Waals surface area (Å²) in [6.07, 6.45) is 0.299. The first-order valence-corrected chi connectivity index (χ1v) is 4.90. The highest BCUT2D eigenvalue weighted by atomic mass is 16.1. The summed E-state index contributed by atoms with van der Waals surface area (Å²) in [5.41, 5.74) is 13.6. The van der Waals surface area contributed by atoms with E-state index in [1.807, 2.05) is 32.0 Å². The van der Waals surface area contributed by atoms with Crippen LogP contribution in [0.15, 0.2) is 18.2 Å². The first kappa shape index (κ1) is 11.4. The Morgan fingerprint density at radius 2 is 2.20 bits per heavy atom. The van der Waals surface area contributed by atoms with Gasteiger partial charge in [-0.1, -0.05) is 12.1 Å². The first-order valence-electron chi connectivity index (χ1n) is 4.90. The molecule has 0 bridgehead atoms. The van der Waals surface area contributed by atoms with Crippen molar-refractivity contribution in [2.24, 2.45) is 5.73 Å². The molecule has 0 aliphatic heterocycles. The summed E-state index contributed by atoms with van der Waals surface area (Å²) >= 11 is 0. The van der Waals surface area contributed by atoms with Crippen molar-refractivity contribution in [1.29, 1.82) is 0 Å². The lowest BCUT2D eigenvalue weighted by Gasteiger charge is -2.16. The van der Waals surface area contributed by atoms with Gasteiger partial charge in [0.25, 0.3) is 0 Å². The molecule has 0 fully saturated rings. The van der Waals surface area contributed by atoms with Crippen molar-refractivity contribution < 1.29 is 4.79 Å². The molecule has 0 aliphatic rings. The van der Waals surface area contributed by atoms with E-state index in [1.165, 1.54) is 0 Å². The molecule has 1 rings (SSSR count). The van der Waals surface area contributed by atoms with Gasteiger partial charge in [0.05, 0.1) is 11.4 Å². The first-order chi connectivity index (χ1) is 7.00. The second kappa shape index (κ2) is 4.68. The van der Waals surface area contributed by atoms with Crippen LogP contribution in [0.3, 0.4) is 0 Å². The number of benzene rings is 1. The van der Waals surface area contributed by atoms with Crippen molar-refractivity contribution in [1.82, 2.24) is 0 Å². The maximum atomic E-state index is 10.7. The molecule has 0 aromatic heterocycles. The fraction of sp³-hybridized carbons (Fsp3) is 0.364. The van der Waals surface area contributed by atoms with Crippen LogP contribution in [0, 0.1) is 6.92 Å². The molecule has 1 aromatic carbocycles. The van der Waals surface area contributed by atoms with Gasteiger partial charge >= 0.3 is 0 Å². The predicted octanol–water partition coefficient (Wildman–Crippen LogP) is 1.25. The summed E-state index contributed by atoms with van der Waals surface area (Å²) in [5.74, 6) is -0.318. The molecule has 1 atom stereocenters. The lowest BCUT2D eigenvalue weighted by atomic mass is 10.1. The SMILES string of the molecule is Cc1cccc(NC(C)CC(N)=O)c1N. The molecular weight excluding hydrogens is 190 g/mol. The van der Waals surface area contributed by atoms with Gasteiger partial charge in [0, 0.05) is 12.5 Å². The molecule has 0 aliphatic carbocycles. The highest BCUT2D eigenvalue weighted by Gasteiger charge is 2.08. The van der Waals surface area contributed by atoms with Crippen LogP contribution < -0.4 is 16.8 Å². The zero-order valence-corrected chi connectivity index (χ0v) is 9.08. The van der Waals surface area contributed by atoms with Crippen LogP contribution in [0.4, 0.5) is 11.4 Å². The van der Waals surface area contributed by atoms with Crippen LogP contribution in [0.2, 0.25) is 0 Å². The fourth-order valence-corrected chi connectivity index (χ4v) is 1.42. The highest BCUT2D eigenvalue weighted by Crippen LogP contribution is 2.22. The van der Waals surface area contributed by atoms with Crippen LogP contribution in [0.25, 0.3) is 0 Å². The van der Waals surface area contributed by atoms with Gasteiger partial charge in [0.1, 0.15) is 0 Å². The highest BCUT2D eigenvalue weighted by molar-refractivity contribution is 5.76. The minimum atomic E-state index is -0.318. The van der Waals surface area contributed by atoms with Gasteiger partial charge in [0.2, 0.25) is 5.91 Å². The van der Waals surface area contributed by atoms with Crippen molar-refractivity contribution in [2.75, 3.05) is 11.1 Å². The molecule has 5 N–H and O–H groups in total. The summed E-state index contributed by atoms with van der Waals surface area (Å²) < 4.78 is 0. The number of nitrogens with one attached hydrogen (secondary N) is 1.